The van der Waals surface area contributed by atoms with E-state index in [1.54, 1.807) is 25.0 Å². The highest BCUT2D eigenvalue weighted by Crippen LogP contribution is 2.19. The molecule has 1 fully saturated rings. The van der Waals surface area contributed by atoms with Crippen molar-refractivity contribution in [3.05, 3.63) is 27.2 Å². The Balaban J connectivity index is 1.79. The highest BCUT2D eigenvalue weighted by Gasteiger charge is 2.20. The lowest BCUT2D eigenvalue weighted by molar-refractivity contribution is 0.140. The molecule has 1 aliphatic rings. The van der Waals surface area contributed by atoms with Crippen LogP contribution in [0.15, 0.2) is 15.9 Å². The maximum absolute atomic E-state index is 12.7. The zero-order chi connectivity index (χ0) is 17.3. The summed E-state index contributed by atoms with van der Waals surface area (Å²) in [7, 11) is 3.45. The minimum absolute atomic E-state index is 0.237. The largest absolute Gasteiger partial charge is 0.332 e. The van der Waals surface area contributed by atoms with Crippen LogP contribution in [0.2, 0.25) is 0 Å². The third kappa shape index (κ3) is 2.92. The first-order valence-electron chi connectivity index (χ1n) is 8.89. The molecule has 1 aliphatic heterocycles. The van der Waals surface area contributed by atoms with Crippen molar-refractivity contribution in [1.29, 1.82) is 0 Å². The highest BCUT2D eigenvalue weighted by molar-refractivity contribution is 5.69. The third-order valence-electron chi connectivity index (χ3n) is 5.25. The number of aryl methyl sites for hydroxylation is 2. The van der Waals surface area contributed by atoms with Gasteiger partial charge in [-0.1, -0.05) is 13.3 Å². The molecule has 0 N–H and O–H groups in total. The van der Waals surface area contributed by atoms with Crippen molar-refractivity contribution in [2.45, 2.75) is 51.6 Å². The standard InChI is InChI=1S/C17H27N5O2/c1-4-13-8-5-6-9-21(13)10-7-11-22-16(23)14-15(18-12-19(14)2)20(3)17(22)24/h12-13H,4-11H2,1-3H3. The Hall–Kier alpha value is -1.89. The Morgan fingerprint density at radius 1 is 1.21 bits per heavy atom. The SMILES string of the molecule is CCC1CCCCN1CCCn1c(=O)c2c(ncn2C)n(C)c1=O. The van der Waals surface area contributed by atoms with Crippen LogP contribution < -0.4 is 11.2 Å². The lowest BCUT2D eigenvalue weighted by Gasteiger charge is -2.35. The van der Waals surface area contributed by atoms with Crippen LogP contribution in [-0.4, -0.2) is 42.7 Å². The molecule has 1 saturated heterocycles. The van der Waals surface area contributed by atoms with Crippen molar-refractivity contribution in [2.24, 2.45) is 14.1 Å². The molecular formula is C17H27N5O2. The summed E-state index contributed by atoms with van der Waals surface area (Å²) in [6.07, 6.45) is 7.39. The average Bonchev–Trinajstić information content (AvgIpc) is 2.98. The summed E-state index contributed by atoms with van der Waals surface area (Å²) in [5.41, 5.74) is 0.419. The monoisotopic (exact) mass is 333 g/mol. The van der Waals surface area contributed by atoms with Gasteiger partial charge in [-0.2, -0.15) is 0 Å². The molecule has 2 aromatic heterocycles. The van der Waals surface area contributed by atoms with E-state index in [9.17, 15) is 9.59 Å². The number of imidazole rings is 1. The summed E-state index contributed by atoms with van der Waals surface area (Å²) in [5.74, 6) is 0. The molecule has 7 heteroatoms. The molecule has 0 aromatic carbocycles. The maximum Gasteiger partial charge on any atom is 0.332 e. The molecule has 7 nitrogen and oxygen atoms in total. The molecule has 132 valence electrons. The van der Waals surface area contributed by atoms with Gasteiger partial charge in [0.25, 0.3) is 5.56 Å². The van der Waals surface area contributed by atoms with Crippen LogP contribution in [-0.2, 0) is 20.6 Å². The zero-order valence-corrected chi connectivity index (χ0v) is 14.9. The molecule has 0 radical (unpaired) electrons. The quantitative estimate of drug-likeness (QED) is 0.821. The molecule has 1 atom stereocenters. The molecule has 0 bridgehead atoms. The number of likely N-dealkylation sites (tertiary alicyclic amines) is 1. The van der Waals surface area contributed by atoms with E-state index >= 15 is 0 Å². The van der Waals surface area contributed by atoms with Crippen LogP contribution in [0.4, 0.5) is 0 Å². The van der Waals surface area contributed by atoms with E-state index in [-0.39, 0.29) is 11.2 Å². The molecule has 3 heterocycles. The third-order valence-corrected chi connectivity index (χ3v) is 5.25. The Morgan fingerprint density at radius 2 is 2.00 bits per heavy atom. The van der Waals surface area contributed by atoms with Gasteiger partial charge in [-0.05, 0) is 32.2 Å². The minimum atomic E-state index is -0.281. The second kappa shape index (κ2) is 6.93. The fourth-order valence-corrected chi connectivity index (χ4v) is 3.84. The van der Waals surface area contributed by atoms with Gasteiger partial charge in [0.15, 0.2) is 11.2 Å². The van der Waals surface area contributed by atoms with Gasteiger partial charge in [0.05, 0.1) is 6.33 Å². The van der Waals surface area contributed by atoms with E-state index in [0.717, 1.165) is 19.5 Å². The van der Waals surface area contributed by atoms with Gasteiger partial charge in [0.1, 0.15) is 0 Å². The Morgan fingerprint density at radius 3 is 2.75 bits per heavy atom. The van der Waals surface area contributed by atoms with Crippen molar-refractivity contribution in [3.63, 3.8) is 0 Å². The van der Waals surface area contributed by atoms with E-state index < -0.39 is 0 Å². The van der Waals surface area contributed by atoms with Crippen LogP contribution >= 0.6 is 0 Å². The van der Waals surface area contributed by atoms with Crippen LogP contribution in [0.25, 0.3) is 11.2 Å². The van der Waals surface area contributed by atoms with Gasteiger partial charge in [-0.3, -0.25) is 13.9 Å². The fraction of sp³-hybridized carbons (Fsp3) is 0.706. The van der Waals surface area contributed by atoms with Crippen LogP contribution in [0, 0.1) is 0 Å². The maximum atomic E-state index is 12.7. The van der Waals surface area contributed by atoms with Crippen molar-refractivity contribution in [3.8, 4) is 0 Å². The van der Waals surface area contributed by atoms with Crippen LogP contribution in [0.5, 0.6) is 0 Å². The van der Waals surface area contributed by atoms with Gasteiger partial charge in [0, 0.05) is 33.2 Å². The summed E-state index contributed by atoms with van der Waals surface area (Å²) in [6.45, 7) is 4.77. The van der Waals surface area contributed by atoms with Crippen LogP contribution in [0.3, 0.4) is 0 Å². The first-order valence-corrected chi connectivity index (χ1v) is 8.89. The van der Waals surface area contributed by atoms with E-state index in [0.29, 0.717) is 23.8 Å². The predicted molar refractivity (Wildman–Crippen MR) is 94.3 cm³/mol. The molecule has 2 aromatic rings. The molecule has 0 spiro atoms. The first-order chi connectivity index (χ1) is 11.5. The zero-order valence-electron chi connectivity index (χ0n) is 14.9. The molecular weight excluding hydrogens is 306 g/mol. The number of hydrogen-bond donors (Lipinski definition) is 0. The number of hydrogen-bond acceptors (Lipinski definition) is 4. The van der Waals surface area contributed by atoms with E-state index in [4.69, 9.17) is 0 Å². The van der Waals surface area contributed by atoms with Crippen molar-refractivity contribution in [2.75, 3.05) is 13.1 Å². The van der Waals surface area contributed by atoms with Gasteiger partial charge < -0.3 is 9.47 Å². The minimum Gasteiger partial charge on any atom is -0.328 e. The van der Waals surface area contributed by atoms with E-state index in [1.807, 2.05) is 0 Å². The molecule has 0 saturated carbocycles. The first kappa shape index (κ1) is 17.0. The molecule has 1 unspecified atom stereocenters. The number of fused-ring (bicyclic) bond motifs is 1. The van der Waals surface area contributed by atoms with Crippen molar-refractivity contribution in [1.82, 2.24) is 23.6 Å². The second-order valence-electron chi connectivity index (χ2n) is 6.77. The topological polar surface area (TPSA) is 65.1 Å². The summed E-state index contributed by atoms with van der Waals surface area (Å²) in [4.78, 5) is 31.8. The van der Waals surface area contributed by atoms with E-state index in [1.165, 1.54) is 34.8 Å². The highest BCUT2D eigenvalue weighted by atomic mass is 16.2. The van der Waals surface area contributed by atoms with E-state index in [2.05, 4.69) is 16.8 Å². The molecule has 0 aliphatic carbocycles. The summed E-state index contributed by atoms with van der Waals surface area (Å²) < 4.78 is 4.51. The van der Waals surface area contributed by atoms with Gasteiger partial charge in [-0.25, -0.2) is 9.78 Å². The normalized spacial score (nSPS) is 19.2. The summed E-state index contributed by atoms with van der Waals surface area (Å²) in [6, 6.07) is 0.651. The van der Waals surface area contributed by atoms with Crippen molar-refractivity contribution >= 4 is 11.2 Å². The van der Waals surface area contributed by atoms with Gasteiger partial charge >= 0.3 is 5.69 Å². The van der Waals surface area contributed by atoms with Gasteiger partial charge in [-0.15, -0.1) is 0 Å². The Labute approximate surface area is 141 Å². The number of rotatable bonds is 5. The van der Waals surface area contributed by atoms with Crippen LogP contribution in [0.1, 0.15) is 39.0 Å². The smallest absolute Gasteiger partial charge is 0.328 e. The number of aromatic nitrogens is 4. The lowest BCUT2D eigenvalue weighted by Crippen LogP contribution is -2.42. The predicted octanol–water partition coefficient (Wildman–Crippen LogP) is 1.09. The Bertz CT molecular complexity index is 832. The molecule has 3 rings (SSSR count). The fourth-order valence-electron chi connectivity index (χ4n) is 3.84. The Kier molecular flexibility index (Phi) is 4.89. The summed E-state index contributed by atoms with van der Waals surface area (Å²) in [5, 5.41) is 0. The summed E-state index contributed by atoms with van der Waals surface area (Å²) >= 11 is 0. The van der Waals surface area contributed by atoms with Gasteiger partial charge in [0.2, 0.25) is 0 Å². The molecule has 24 heavy (non-hydrogen) atoms. The van der Waals surface area contributed by atoms with Crippen molar-refractivity contribution < 1.29 is 0 Å². The lowest BCUT2D eigenvalue weighted by atomic mass is 10.00. The number of piperidine rings is 1. The molecule has 0 amide bonds. The average molecular weight is 333 g/mol. The second-order valence-corrected chi connectivity index (χ2v) is 6.77. The number of nitrogens with zero attached hydrogens (tertiary/aromatic N) is 5.